The average Bonchev–Trinajstić information content (AvgIpc) is 2.66. The van der Waals surface area contributed by atoms with Crippen molar-refractivity contribution in [3.8, 4) is 11.8 Å². The van der Waals surface area contributed by atoms with E-state index in [9.17, 15) is 14.9 Å². The summed E-state index contributed by atoms with van der Waals surface area (Å²) in [5.74, 6) is 0.552. The second-order valence-corrected chi connectivity index (χ2v) is 5.68. The Bertz CT molecular complexity index is 891. The number of anilines is 2. The largest absolute Gasteiger partial charge is 0.482 e. The highest BCUT2D eigenvalue weighted by Gasteiger charge is 2.24. The Morgan fingerprint density at radius 2 is 2.12 bits per heavy atom. The van der Waals surface area contributed by atoms with Gasteiger partial charge in [0.2, 0.25) is 0 Å². The number of carbonyl (C=O) groups is 1. The van der Waals surface area contributed by atoms with Crippen LogP contribution in [-0.2, 0) is 4.79 Å². The van der Waals surface area contributed by atoms with Crippen molar-refractivity contribution in [2.75, 3.05) is 29.9 Å². The van der Waals surface area contributed by atoms with Crippen molar-refractivity contribution >= 4 is 23.0 Å². The molecule has 8 nitrogen and oxygen atoms in total. The molecule has 0 aromatic heterocycles. The molecular formula is C18H16N4O4. The molecule has 0 spiro atoms. The number of ether oxygens (including phenoxy) is 1. The number of nitro benzene ring substituents is 1. The van der Waals surface area contributed by atoms with Crippen LogP contribution in [0.5, 0.6) is 5.75 Å². The van der Waals surface area contributed by atoms with Gasteiger partial charge in [0.15, 0.2) is 6.61 Å². The lowest BCUT2D eigenvalue weighted by atomic mass is 10.2. The van der Waals surface area contributed by atoms with Gasteiger partial charge in [0.25, 0.3) is 11.6 Å². The number of nitrogens with one attached hydrogen (secondary N) is 1. The van der Waals surface area contributed by atoms with Crippen LogP contribution in [0.2, 0.25) is 0 Å². The zero-order valence-corrected chi connectivity index (χ0v) is 13.8. The van der Waals surface area contributed by atoms with Crippen molar-refractivity contribution in [3.05, 3.63) is 58.1 Å². The molecule has 8 heteroatoms. The fourth-order valence-electron chi connectivity index (χ4n) is 2.76. The van der Waals surface area contributed by atoms with Crippen molar-refractivity contribution < 1.29 is 14.5 Å². The van der Waals surface area contributed by atoms with Crippen LogP contribution < -0.4 is 15.0 Å². The van der Waals surface area contributed by atoms with Gasteiger partial charge in [-0.1, -0.05) is 12.1 Å². The molecule has 3 rings (SSSR count). The molecule has 0 atom stereocenters. The van der Waals surface area contributed by atoms with E-state index in [1.807, 2.05) is 30.3 Å². The molecule has 1 heterocycles. The quantitative estimate of drug-likeness (QED) is 0.486. The lowest BCUT2D eigenvalue weighted by molar-refractivity contribution is -0.384. The first-order chi connectivity index (χ1) is 12.6. The zero-order chi connectivity index (χ0) is 18.5. The molecule has 132 valence electrons. The number of amides is 1. The van der Waals surface area contributed by atoms with Crippen molar-refractivity contribution in [2.24, 2.45) is 0 Å². The maximum absolute atomic E-state index is 12.1. The Labute approximate surface area is 149 Å². The van der Waals surface area contributed by atoms with Crippen LogP contribution in [0.4, 0.5) is 17.1 Å². The van der Waals surface area contributed by atoms with Gasteiger partial charge in [0, 0.05) is 19.2 Å². The Hall–Kier alpha value is -3.60. The van der Waals surface area contributed by atoms with Gasteiger partial charge in [-0.05, 0) is 30.7 Å². The smallest absolute Gasteiger partial charge is 0.293 e. The summed E-state index contributed by atoms with van der Waals surface area (Å²) in [5.41, 5.74) is 1.17. The van der Waals surface area contributed by atoms with E-state index >= 15 is 0 Å². The standard InChI is InChI=1S/C18H16N4O4/c19-11-13-6-7-14(16(10-13)22(24)25)20-8-3-9-21-15-4-1-2-5-17(15)26-12-18(21)23/h1-2,4-7,10,20H,3,8-9,12H2. The van der Waals surface area contributed by atoms with Gasteiger partial charge in [-0.3, -0.25) is 14.9 Å². The Morgan fingerprint density at radius 1 is 1.31 bits per heavy atom. The van der Waals surface area contributed by atoms with Gasteiger partial charge in [0.05, 0.1) is 22.2 Å². The lowest BCUT2D eigenvalue weighted by Gasteiger charge is -2.29. The number of nitro groups is 1. The fraction of sp³-hybridized carbons (Fsp3) is 0.222. The molecule has 2 aromatic carbocycles. The van der Waals surface area contributed by atoms with E-state index in [0.29, 0.717) is 30.9 Å². The van der Waals surface area contributed by atoms with E-state index in [1.165, 1.54) is 18.2 Å². The second kappa shape index (κ2) is 7.53. The normalized spacial score (nSPS) is 12.7. The molecule has 0 unspecified atom stereocenters. The van der Waals surface area contributed by atoms with Gasteiger partial charge in [0.1, 0.15) is 11.4 Å². The summed E-state index contributed by atoms with van der Waals surface area (Å²) in [4.78, 5) is 24.4. The van der Waals surface area contributed by atoms with Crippen LogP contribution in [0.25, 0.3) is 0 Å². The van der Waals surface area contributed by atoms with E-state index in [-0.39, 0.29) is 23.8 Å². The summed E-state index contributed by atoms with van der Waals surface area (Å²) in [6, 6.07) is 13.5. The molecule has 0 saturated carbocycles. The van der Waals surface area contributed by atoms with Gasteiger partial charge in [-0.15, -0.1) is 0 Å². The summed E-state index contributed by atoms with van der Waals surface area (Å²) in [7, 11) is 0. The third kappa shape index (κ3) is 3.57. The molecule has 26 heavy (non-hydrogen) atoms. The topological polar surface area (TPSA) is 108 Å². The van der Waals surface area contributed by atoms with Gasteiger partial charge < -0.3 is 15.0 Å². The van der Waals surface area contributed by atoms with E-state index in [1.54, 1.807) is 4.90 Å². The fourth-order valence-corrected chi connectivity index (χ4v) is 2.76. The van der Waals surface area contributed by atoms with E-state index in [0.717, 1.165) is 5.69 Å². The Balaban J connectivity index is 1.62. The third-order valence-corrected chi connectivity index (χ3v) is 4.01. The number of nitriles is 1. The first kappa shape index (κ1) is 17.2. The van der Waals surface area contributed by atoms with Crippen molar-refractivity contribution in [3.63, 3.8) is 0 Å². The highest BCUT2D eigenvalue weighted by atomic mass is 16.6. The maximum Gasteiger partial charge on any atom is 0.293 e. The summed E-state index contributed by atoms with van der Waals surface area (Å²) in [6.45, 7) is 0.918. The van der Waals surface area contributed by atoms with Gasteiger partial charge in [-0.2, -0.15) is 5.26 Å². The monoisotopic (exact) mass is 352 g/mol. The minimum absolute atomic E-state index is 0.00549. The minimum atomic E-state index is -0.523. The number of rotatable bonds is 6. The molecule has 1 amide bonds. The number of para-hydroxylation sites is 2. The number of fused-ring (bicyclic) bond motifs is 1. The first-order valence-corrected chi connectivity index (χ1v) is 8.05. The van der Waals surface area contributed by atoms with Crippen LogP contribution in [0, 0.1) is 21.4 Å². The average molecular weight is 352 g/mol. The summed E-state index contributed by atoms with van der Waals surface area (Å²) in [5, 5.41) is 23.0. The number of carbonyl (C=O) groups excluding carboxylic acids is 1. The van der Waals surface area contributed by atoms with E-state index < -0.39 is 4.92 Å². The van der Waals surface area contributed by atoms with Crippen LogP contribution >= 0.6 is 0 Å². The molecule has 1 aliphatic rings. The van der Waals surface area contributed by atoms with Crippen molar-refractivity contribution in [2.45, 2.75) is 6.42 Å². The second-order valence-electron chi connectivity index (χ2n) is 5.68. The number of nitrogens with zero attached hydrogens (tertiary/aromatic N) is 3. The summed E-state index contributed by atoms with van der Waals surface area (Å²) >= 11 is 0. The highest BCUT2D eigenvalue weighted by Crippen LogP contribution is 2.31. The van der Waals surface area contributed by atoms with Crippen molar-refractivity contribution in [1.29, 1.82) is 5.26 Å². The summed E-state index contributed by atoms with van der Waals surface area (Å²) < 4.78 is 5.40. The predicted molar refractivity (Wildman–Crippen MR) is 95.2 cm³/mol. The molecular weight excluding hydrogens is 336 g/mol. The molecule has 1 aliphatic heterocycles. The lowest BCUT2D eigenvalue weighted by Crippen LogP contribution is -2.39. The molecule has 0 saturated heterocycles. The molecule has 0 aliphatic carbocycles. The molecule has 2 aromatic rings. The minimum Gasteiger partial charge on any atom is -0.482 e. The molecule has 0 bridgehead atoms. The highest BCUT2D eigenvalue weighted by molar-refractivity contribution is 5.97. The van der Waals surface area contributed by atoms with Gasteiger partial charge in [-0.25, -0.2) is 0 Å². The predicted octanol–water partition coefficient (Wildman–Crippen LogP) is 2.69. The van der Waals surface area contributed by atoms with Crippen LogP contribution in [-0.4, -0.2) is 30.5 Å². The van der Waals surface area contributed by atoms with E-state index in [4.69, 9.17) is 10.00 Å². The molecule has 0 fully saturated rings. The Kier molecular flexibility index (Phi) is 4.99. The zero-order valence-electron chi connectivity index (χ0n) is 13.8. The van der Waals surface area contributed by atoms with E-state index in [2.05, 4.69) is 5.32 Å². The third-order valence-electron chi connectivity index (χ3n) is 4.01. The number of hydrogen-bond acceptors (Lipinski definition) is 6. The number of hydrogen-bond donors (Lipinski definition) is 1. The van der Waals surface area contributed by atoms with Gasteiger partial charge >= 0.3 is 0 Å². The molecule has 0 radical (unpaired) electrons. The summed E-state index contributed by atoms with van der Waals surface area (Å²) in [6.07, 6.45) is 0.594. The van der Waals surface area contributed by atoms with Crippen LogP contribution in [0.1, 0.15) is 12.0 Å². The number of benzene rings is 2. The maximum atomic E-state index is 12.1. The van der Waals surface area contributed by atoms with Crippen LogP contribution in [0.3, 0.4) is 0 Å². The van der Waals surface area contributed by atoms with Crippen molar-refractivity contribution in [1.82, 2.24) is 0 Å². The Morgan fingerprint density at radius 3 is 2.88 bits per heavy atom. The SMILES string of the molecule is N#Cc1ccc(NCCCN2C(=O)COc3ccccc32)c([N+](=O)[O-])c1. The molecule has 1 N–H and O–H groups in total. The van der Waals surface area contributed by atoms with Crippen LogP contribution in [0.15, 0.2) is 42.5 Å². The first-order valence-electron chi connectivity index (χ1n) is 8.05.